The van der Waals surface area contributed by atoms with Crippen molar-refractivity contribution in [3.63, 3.8) is 0 Å². The molecule has 0 radical (unpaired) electrons. The van der Waals surface area contributed by atoms with E-state index in [1.807, 2.05) is 36.5 Å². The molecule has 158 valence electrons. The Bertz CT molecular complexity index is 800. The predicted molar refractivity (Wildman–Crippen MR) is 116 cm³/mol. The second-order valence-corrected chi connectivity index (χ2v) is 8.09. The molecule has 1 aliphatic rings. The summed E-state index contributed by atoms with van der Waals surface area (Å²) >= 11 is 0. The van der Waals surface area contributed by atoms with E-state index in [1.54, 1.807) is 10.9 Å². The van der Waals surface area contributed by atoms with Gasteiger partial charge < -0.3 is 9.80 Å². The Morgan fingerprint density at radius 1 is 1.24 bits per heavy atom. The average Bonchev–Trinajstić information content (AvgIpc) is 3.15. The smallest absolute Gasteiger partial charge is 0.255 e. The zero-order chi connectivity index (χ0) is 21.0. The van der Waals surface area contributed by atoms with Crippen LogP contribution >= 0.6 is 0 Å². The number of piperazine rings is 1. The summed E-state index contributed by atoms with van der Waals surface area (Å²) in [6, 6.07) is 4.80. The molecule has 7 heteroatoms. The van der Waals surface area contributed by atoms with Gasteiger partial charge in [-0.25, -0.2) is 4.98 Å². The lowest BCUT2D eigenvalue weighted by atomic mass is 10.1. The highest BCUT2D eigenvalue weighted by Crippen LogP contribution is 2.19. The number of anilines is 1. The van der Waals surface area contributed by atoms with E-state index in [0.717, 1.165) is 50.5 Å². The van der Waals surface area contributed by atoms with E-state index in [0.29, 0.717) is 17.6 Å². The van der Waals surface area contributed by atoms with Crippen molar-refractivity contribution < 1.29 is 4.79 Å². The molecule has 0 aliphatic carbocycles. The average molecular weight is 399 g/mol. The van der Waals surface area contributed by atoms with Crippen molar-refractivity contribution in [1.82, 2.24) is 24.6 Å². The molecule has 29 heavy (non-hydrogen) atoms. The number of carbonyl (C=O) groups is 1. The highest BCUT2D eigenvalue weighted by molar-refractivity contribution is 5.94. The minimum atomic E-state index is 0.0845. The van der Waals surface area contributed by atoms with Crippen molar-refractivity contribution in [1.29, 1.82) is 0 Å². The first-order valence-corrected chi connectivity index (χ1v) is 10.7. The van der Waals surface area contributed by atoms with Gasteiger partial charge in [-0.15, -0.1) is 0 Å². The lowest BCUT2D eigenvalue weighted by Crippen LogP contribution is -2.56. The van der Waals surface area contributed by atoms with E-state index in [1.165, 1.54) is 0 Å². The summed E-state index contributed by atoms with van der Waals surface area (Å²) < 4.78 is 1.81. The maximum absolute atomic E-state index is 13.0. The molecule has 3 heterocycles. The molecular formula is C22H34N6O. The van der Waals surface area contributed by atoms with Gasteiger partial charge >= 0.3 is 0 Å². The van der Waals surface area contributed by atoms with Crippen LogP contribution < -0.4 is 4.90 Å². The zero-order valence-electron chi connectivity index (χ0n) is 18.4. The molecule has 0 saturated carbocycles. The van der Waals surface area contributed by atoms with Gasteiger partial charge in [-0.3, -0.25) is 14.4 Å². The second-order valence-electron chi connectivity index (χ2n) is 8.09. The lowest BCUT2D eigenvalue weighted by Gasteiger charge is -2.43. The summed E-state index contributed by atoms with van der Waals surface area (Å²) in [4.78, 5) is 24.3. The predicted octanol–water partition coefficient (Wildman–Crippen LogP) is 2.79. The molecule has 2 aromatic heterocycles. The number of aromatic nitrogens is 3. The molecule has 1 saturated heterocycles. The minimum absolute atomic E-state index is 0.0845. The first-order chi connectivity index (χ1) is 13.9. The number of carbonyl (C=O) groups excluding carboxylic acids is 1. The maximum atomic E-state index is 13.0. The first-order valence-electron chi connectivity index (χ1n) is 10.7. The van der Waals surface area contributed by atoms with Crippen LogP contribution in [-0.2, 0) is 13.6 Å². The van der Waals surface area contributed by atoms with Crippen molar-refractivity contribution in [3.8, 4) is 0 Å². The number of hydrogen-bond donors (Lipinski definition) is 0. The number of rotatable bonds is 7. The number of hydrogen-bond acceptors (Lipinski definition) is 5. The van der Waals surface area contributed by atoms with Gasteiger partial charge in [0.15, 0.2) is 0 Å². The van der Waals surface area contributed by atoms with Crippen molar-refractivity contribution in [3.05, 3.63) is 41.9 Å². The van der Waals surface area contributed by atoms with Crippen molar-refractivity contribution >= 4 is 11.7 Å². The number of aryl methyl sites for hydroxylation is 1. The standard InChI is InChI=1S/C22H34N6O/c1-6-20-16-27(10-11-28(20)17(3)4)22(29)19-8-9-21(23-13-19)26(7-2)15-18-12-24-25(5)14-18/h8-9,12-14,17,20H,6-7,10-11,15-16H2,1-5H3. The van der Waals surface area contributed by atoms with Crippen LogP contribution in [0.1, 0.15) is 50.0 Å². The maximum Gasteiger partial charge on any atom is 0.255 e. The molecule has 2 aromatic rings. The Balaban J connectivity index is 1.66. The Hall–Kier alpha value is -2.41. The number of pyridine rings is 1. The van der Waals surface area contributed by atoms with Gasteiger partial charge in [-0.2, -0.15) is 5.10 Å². The van der Waals surface area contributed by atoms with Gasteiger partial charge in [0.25, 0.3) is 5.91 Å². The van der Waals surface area contributed by atoms with Gasteiger partial charge in [-0.05, 0) is 39.3 Å². The van der Waals surface area contributed by atoms with Crippen LogP contribution in [-0.4, -0.2) is 68.7 Å². The summed E-state index contributed by atoms with van der Waals surface area (Å²) in [6.45, 7) is 12.9. The summed E-state index contributed by atoms with van der Waals surface area (Å²) in [5, 5.41) is 4.23. The molecule has 3 rings (SSSR count). The van der Waals surface area contributed by atoms with Gasteiger partial charge in [0.05, 0.1) is 11.8 Å². The molecule has 1 aliphatic heterocycles. The van der Waals surface area contributed by atoms with Gasteiger partial charge in [-0.1, -0.05) is 6.92 Å². The third kappa shape index (κ3) is 4.96. The van der Waals surface area contributed by atoms with Crippen LogP contribution in [0.4, 0.5) is 5.82 Å². The van der Waals surface area contributed by atoms with Crippen LogP contribution in [0, 0.1) is 0 Å². The monoisotopic (exact) mass is 398 g/mol. The van der Waals surface area contributed by atoms with E-state index >= 15 is 0 Å². The Labute approximate surface area is 174 Å². The summed E-state index contributed by atoms with van der Waals surface area (Å²) in [6.07, 6.45) is 6.67. The Morgan fingerprint density at radius 2 is 2.03 bits per heavy atom. The first kappa shape index (κ1) is 21.3. The van der Waals surface area contributed by atoms with Gasteiger partial charge in [0.1, 0.15) is 5.82 Å². The number of amides is 1. The molecule has 1 atom stereocenters. The van der Waals surface area contributed by atoms with E-state index in [9.17, 15) is 4.79 Å². The topological polar surface area (TPSA) is 57.5 Å². The SMILES string of the molecule is CCC1CN(C(=O)c2ccc(N(CC)Cc3cnn(C)c3)nc2)CCN1C(C)C. The largest absolute Gasteiger partial charge is 0.352 e. The van der Waals surface area contributed by atoms with Crippen LogP contribution in [0.2, 0.25) is 0 Å². The molecule has 0 bridgehead atoms. The minimum Gasteiger partial charge on any atom is -0.352 e. The Kier molecular flexibility index (Phi) is 6.90. The highest BCUT2D eigenvalue weighted by Gasteiger charge is 2.30. The highest BCUT2D eigenvalue weighted by atomic mass is 16.2. The van der Waals surface area contributed by atoms with Crippen LogP contribution in [0.25, 0.3) is 0 Å². The van der Waals surface area contributed by atoms with E-state index in [4.69, 9.17) is 0 Å². The normalized spacial score (nSPS) is 17.7. The summed E-state index contributed by atoms with van der Waals surface area (Å²) in [7, 11) is 1.92. The fourth-order valence-corrected chi connectivity index (χ4v) is 4.11. The molecule has 0 aromatic carbocycles. The van der Waals surface area contributed by atoms with Crippen LogP contribution in [0.5, 0.6) is 0 Å². The fourth-order valence-electron chi connectivity index (χ4n) is 4.11. The van der Waals surface area contributed by atoms with Crippen molar-refractivity contribution in [2.75, 3.05) is 31.1 Å². The van der Waals surface area contributed by atoms with E-state index < -0.39 is 0 Å². The quantitative estimate of drug-likeness (QED) is 0.718. The second kappa shape index (κ2) is 9.39. The van der Waals surface area contributed by atoms with Crippen LogP contribution in [0.15, 0.2) is 30.7 Å². The molecule has 0 spiro atoms. The zero-order valence-corrected chi connectivity index (χ0v) is 18.4. The fraction of sp³-hybridized carbons (Fsp3) is 0.591. The molecule has 1 unspecified atom stereocenters. The van der Waals surface area contributed by atoms with E-state index in [-0.39, 0.29) is 5.91 Å². The van der Waals surface area contributed by atoms with Gasteiger partial charge in [0, 0.05) is 69.8 Å². The number of nitrogens with zero attached hydrogens (tertiary/aromatic N) is 6. The lowest BCUT2D eigenvalue weighted by molar-refractivity contribution is 0.0371. The molecule has 1 amide bonds. The van der Waals surface area contributed by atoms with Crippen molar-refractivity contribution in [2.24, 2.45) is 7.05 Å². The van der Waals surface area contributed by atoms with Gasteiger partial charge in [0.2, 0.25) is 0 Å². The van der Waals surface area contributed by atoms with Crippen molar-refractivity contribution in [2.45, 2.75) is 52.7 Å². The molecule has 0 N–H and O–H groups in total. The summed E-state index contributed by atoms with van der Waals surface area (Å²) in [5.74, 6) is 0.963. The third-order valence-electron chi connectivity index (χ3n) is 5.78. The summed E-state index contributed by atoms with van der Waals surface area (Å²) in [5.41, 5.74) is 1.81. The molecule has 7 nitrogen and oxygen atoms in total. The Morgan fingerprint density at radius 3 is 2.59 bits per heavy atom. The molecular weight excluding hydrogens is 364 g/mol. The molecule has 1 fully saturated rings. The van der Waals surface area contributed by atoms with E-state index in [2.05, 4.69) is 47.6 Å². The third-order valence-corrected chi connectivity index (χ3v) is 5.78. The van der Waals surface area contributed by atoms with Crippen LogP contribution in [0.3, 0.4) is 0 Å².